The highest BCUT2D eigenvalue weighted by atomic mass is 127. The summed E-state index contributed by atoms with van der Waals surface area (Å²) in [4.78, 5) is 0.139. The van der Waals surface area contributed by atoms with Crippen LogP contribution in [0.5, 0.6) is 0 Å². The number of halogens is 2. The molecule has 0 radical (unpaired) electrons. The van der Waals surface area contributed by atoms with Gasteiger partial charge in [-0.1, -0.05) is 23.7 Å². The Morgan fingerprint density at radius 1 is 1.15 bits per heavy atom. The Balaban J connectivity index is 2.30. The van der Waals surface area contributed by atoms with Gasteiger partial charge in [0.05, 0.1) is 17.2 Å². The van der Waals surface area contributed by atoms with E-state index in [1.807, 2.05) is 22.6 Å². The van der Waals surface area contributed by atoms with E-state index in [0.29, 0.717) is 19.8 Å². The molecule has 106 valence electrons. The molecule has 4 nitrogen and oxygen atoms in total. The molecule has 2 N–H and O–H groups in total. The zero-order valence-electron chi connectivity index (χ0n) is 10.2. The van der Waals surface area contributed by atoms with Crippen molar-refractivity contribution >= 4 is 49.9 Å². The quantitative estimate of drug-likeness (QED) is 0.742. The summed E-state index contributed by atoms with van der Waals surface area (Å²) >= 11 is 7.85. The highest BCUT2D eigenvalue weighted by Crippen LogP contribution is 2.25. The van der Waals surface area contributed by atoms with Gasteiger partial charge in [-0.25, -0.2) is 8.42 Å². The monoisotopic (exact) mass is 423 g/mol. The minimum atomic E-state index is -3.65. The molecule has 20 heavy (non-hydrogen) atoms. The standard InChI is InChI=1S/C13H11ClINO3S/c14-10-3-6-13(12(15)7-10)16-20(18,19)11-4-1-9(8-17)2-5-11/h1-7,16-17H,8H2. The summed E-state index contributed by atoms with van der Waals surface area (Å²) in [5.41, 5.74) is 1.13. The Labute approximate surface area is 136 Å². The zero-order chi connectivity index (χ0) is 14.8. The van der Waals surface area contributed by atoms with Crippen LogP contribution in [0, 0.1) is 3.57 Å². The number of hydrogen-bond donors (Lipinski definition) is 2. The van der Waals surface area contributed by atoms with Gasteiger partial charge in [0.1, 0.15) is 0 Å². The molecule has 0 amide bonds. The van der Waals surface area contributed by atoms with E-state index in [1.54, 1.807) is 30.3 Å². The lowest BCUT2D eigenvalue weighted by Gasteiger charge is -2.10. The van der Waals surface area contributed by atoms with Crippen molar-refractivity contribution in [1.82, 2.24) is 0 Å². The largest absolute Gasteiger partial charge is 0.392 e. The first-order chi connectivity index (χ1) is 9.42. The van der Waals surface area contributed by atoms with Crippen LogP contribution in [0.15, 0.2) is 47.4 Å². The van der Waals surface area contributed by atoms with E-state index in [2.05, 4.69) is 4.72 Å². The van der Waals surface area contributed by atoms with Crippen molar-refractivity contribution in [2.75, 3.05) is 4.72 Å². The second-order valence-corrected chi connectivity index (χ2v) is 7.31. The fourth-order valence-corrected chi connectivity index (χ4v) is 3.82. The van der Waals surface area contributed by atoms with Gasteiger partial charge in [-0.05, 0) is 58.5 Å². The molecule has 2 aromatic carbocycles. The molecule has 0 fully saturated rings. The molecular formula is C13H11ClINO3S. The average molecular weight is 424 g/mol. The maximum Gasteiger partial charge on any atom is 0.261 e. The van der Waals surface area contributed by atoms with Crippen molar-refractivity contribution in [1.29, 1.82) is 0 Å². The summed E-state index contributed by atoms with van der Waals surface area (Å²) in [5.74, 6) is 0. The highest BCUT2D eigenvalue weighted by molar-refractivity contribution is 14.1. The Hall–Kier alpha value is -0.830. The molecule has 0 atom stereocenters. The van der Waals surface area contributed by atoms with Crippen molar-refractivity contribution in [3.05, 3.63) is 56.6 Å². The highest BCUT2D eigenvalue weighted by Gasteiger charge is 2.15. The number of nitrogens with one attached hydrogen (secondary N) is 1. The second-order valence-electron chi connectivity index (χ2n) is 4.03. The van der Waals surface area contributed by atoms with E-state index in [1.165, 1.54) is 12.1 Å². The molecule has 0 aliphatic heterocycles. The van der Waals surface area contributed by atoms with E-state index in [0.717, 1.165) is 0 Å². The molecule has 7 heteroatoms. The summed E-state index contributed by atoms with van der Waals surface area (Å²) in [6, 6.07) is 11.0. The number of anilines is 1. The fraction of sp³-hybridized carbons (Fsp3) is 0.0769. The predicted molar refractivity (Wildman–Crippen MR) is 87.3 cm³/mol. The van der Waals surface area contributed by atoms with Crippen LogP contribution in [0.4, 0.5) is 5.69 Å². The minimum Gasteiger partial charge on any atom is -0.392 e. The fourth-order valence-electron chi connectivity index (χ4n) is 1.55. The van der Waals surface area contributed by atoms with Gasteiger partial charge < -0.3 is 5.11 Å². The lowest BCUT2D eigenvalue weighted by Crippen LogP contribution is -2.13. The molecule has 0 saturated carbocycles. The summed E-state index contributed by atoms with van der Waals surface area (Å²) in [6.07, 6.45) is 0. The smallest absolute Gasteiger partial charge is 0.261 e. The molecule has 0 aliphatic carbocycles. The lowest BCUT2D eigenvalue weighted by atomic mass is 10.2. The molecule has 0 bridgehead atoms. The lowest BCUT2D eigenvalue weighted by molar-refractivity contribution is 0.282. The number of hydrogen-bond acceptors (Lipinski definition) is 3. The Kier molecular flexibility index (Phi) is 4.90. The first kappa shape index (κ1) is 15.6. The van der Waals surface area contributed by atoms with Gasteiger partial charge >= 0.3 is 0 Å². The number of aliphatic hydroxyl groups excluding tert-OH is 1. The van der Waals surface area contributed by atoms with Crippen LogP contribution in [0.1, 0.15) is 5.56 Å². The average Bonchev–Trinajstić information content (AvgIpc) is 2.42. The summed E-state index contributed by atoms with van der Waals surface area (Å²) in [6.45, 7) is -0.122. The third kappa shape index (κ3) is 3.63. The normalized spacial score (nSPS) is 11.3. The number of rotatable bonds is 4. The summed E-state index contributed by atoms with van der Waals surface area (Å²) in [5, 5.41) is 9.50. The van der Waals surface area contributed by atoms with Crippen LogP contribution < -0.4 is 4.72 Å². The molecule has 0 spiro atoms. The number of aliphatic hydroxyl groups is 1. The van der Waals surface area contributed by atoms with Gasteiger partial charge in [-0.2, -0.15) is 0 Å². The van der Waals surface area contributed by atoms with Gasteiger partial charge in [0.15, 0.2) is 0 Å². The maximum atomic E-state index is 12.2. The van der Waals surface area contributed by atoms with Crippen LogP contribution in [0.2, 0.25) is 5.02 Å². The first-order valence-electron chi connectivity index (χ1n) is 5.60. The molecular weight excluding hydrogens is 413 g/mol. The van der Waals surface area contributed by atoms with Crippen molar-refractivity contribution < 1.29 is 13.5 Å². The van der Waals surface area contributed by atoms with Gasteiger partial charge in [-0.15, -0.1) is 0 Å². The van der Waals surface area contributed by atoms with Gasteiger partial charge in [0.25, 0.3) is 10.0 Å². The Bertz CT molecular complexity index is 717. The van der Waals surface area contributed by atoms with Crippen LogP contribution in [-0.2, 0) is 16.6 Å². The molecule has 0 saturated heterocycles. The van der Waals surface area contributed by atoms with Crippen molar-refractivity contribution in [2.24, 2.45) is 0 Å². The van der Waals surface area contributed by atoms with Gasteiger partial charge in [0.2, 0.25) is 0 Å². The van der Waals surface area contributed by atoms with Crippen molar-refractivity contribution in [3.63, 3.8) is 0 Å². The van der Waals surface area contributed by atoms with Gasteiger partial charge in [-0.3, -0.25) is 4.72 Å². The van der Waals surface area contributed by atoms with Crippen LogP contribution in [0.3, 0.4) is 0 Å². The third-order valence-corrected chi connectivity index (χ3v) is 5.10. The second kappa shape index (κ2) is 6.30. The third-order valence-electron chi connectivity index (χ3n) is 2.59. The topological polar surface area (TPSA) is 66.4 Å². The number of sulfonamides is 1. The zero-order valence-corrected chi connectivity index (χ0v) is 13.9. The predicted octanol–water partition coefficient (Wildman–Crippen LogP) is 3.24. The van der Waals surface area contributed by atoms with Crippen LogP contribution >= 0.6 is 34.2 Å². The SMILES string of the molecule is O=S(=O)(Nc1ccc(Cl)cc1I)c1ccc(CO)cc1. The van der Waals surface area contributed by atoms with Gasteiger partial charge in [0, 0.05) is 8.59 Å². The molecule has 2 rings (SSSR count). The summed E-state index contributed by atoms with van der Waals surface area (Å²) in [7, 11) is -3.65. The van der Waals surface area contributed by atoms with Crippen LogP contribution in [0.25, 0.3) is 0 Å². The molecule has 0 unspecified atom stereocenters. The molecule has 2 aromatic rings. The van der Waals surface area contributed by atoms with E-state index in [-0.39, 0.29) is 11.5 Å². The Morgan fingerprint density at radius 2 is 1.80 bits per heavy atom. The van der Waals surface area contributed by atoms with E-state index >= 15 is 0 Å². The summed E-state index contributed by atoms with van der Waals surface area (Å²) < 4.78 is 27.7. The van der Waals surface area contributed by atoms with Crippen molar-refractivity contribution in [2.45, 2.75) is 11.5 Å². The maximum absolute atomic E-state index is 12.2. The van der Waals surface area contributed by atoms with E-state index in [4.69, 9.17) is 16.7 Å². The first-order valence-corrected chi connectivity index (χ1v) is 8.54. The van der Waals surface area contributed by atoms with E-state index < -0.39 is 10.0 Å². The molecule has 0 heterocycles. The van der Waals surface area contributed by atoms with Crippen LogP contribution in [-0.4, -0.2) is 13.5 Å². The minimum absolute atomic E-state index is 0.122. The Morgan fingerprint density at radius 3 is 2.35 bits per heavy atom. The molecule has 0 aromatic heterocycles. The molecule has 0 aliphatic rings. The van der Waals surface area contributed by atoms with Crippen molar-refractivity contribution in [3.8, 4) is 0 Å². The van der Waals surface area contributed by atoms with E-state index in [9.17, 15) is 8.42 Å². The number of benzene rings is 2.